The second-order valence-electron chi connectivity index (χ2n) is 4.97. The van der Waals surface area contributed by atoms with Crippen LogP contribution in [-0.2, 0) is 6.54 Å². The summed E-state index contributed by atoms with van der Waals surface area (Å²) in [6.07, 6.45) is 3.31. The Labute approximate surface area is 128 Å². The van der Waals surface area contributed by atoms with E-state index in [4.69, 9.17) is 4.74 Å². The van der Waals surface area contributed by atoms with E-state index in [9.17, 15) is 0 Å². The van der Waals surface area contributed by atoms with Crippen LogP contribution in [0.5, 0.6) is 5.75 Å². The highest BCUT2D eigenvalue weighted by molar-refractivity contribution is 7.98. The van der Waals surface area contributed by atoms with E-state index in [1.165, 1.54) is 17.7 Å². The van der Waals surface area contributed by atoms with Gasteiger partial charge in [0.2, 0.25) is 0 Å². The average molecular weight is 296 g/mol. The van der Waals surface area contributed by atoms with Gasteiger partial charge in [-0.15, -0.1) is 0 Å². The van der Waals surface area contributed by atoms with Crippen molar-refractivity contribution >= 4 is 11.8 Å². The highest BCUT2D eigenvalue weighted by Crippen LogP contribution is 2.12. The normalized spacial score (nSPS) is 11.0. The van der Waals surface area contributed by atoms with Crippen LogP contribution in [0, 0.1) is 0 Å². The minimum atomic E-state index is 0.748. The van der Waals surface area contributed by atoms with Crippen LogP contribution in [0.15, 0.2) is 24.3 Å². The molecule has 20 heavy (non-hydrogen) atoms. The topological polar surface area (TPSA) is 24.5 Å². The Morgan fingerprint density at radius 1 is 1.20 bits per heavy atom. The summed E-state index contributed by atoms with van der Waals surface area (Å²) in [4.78, 5) is 2.31. The van der Waals surface area contributed by atoms with E-state index in [2.05, 4.69) is 54.7 Å². The lowest BCUT2D eigenvalue weighted by Crippen LogP contribution is -2.26. The first-order valence-corrected chi connectivity index (χ1v) is 8.75. The van der Waals surface area contributed by atoms with E-state index in [1.807, 2.05) is 11.8 Å². The summed E-state index contributed by atoms with van der Waals surface area (Å²) in [6, 6.07) is 8.39. The van der Waals surface area contributed by atoms with Crippen LogP contribution >= 0.6 is 11.8 Å². The number of hydrogen-bond donors (Lipinski definition) is 1. The third-order valence-electron chi connectivity index (χ3n) is 3.10. The fourth-order valence-electron chi connectivity index (χ4n) is 1.79. The summed E-state index contributed by atoms with van der Waals surface area (Å²) in [5.41, 5.74) is 1.31. The lowest BCUT2D eigenvalue weighted by Gasteiger charge is -2.16. The molecule has 1 aromatic rings. The standard InChI is InChI=1S/C16H28N2OS/c1-4-9-17-14-15-5-7-16(8-6-15)19-12-10-18(2)11-13-20-3/h5-8,17H,4,9-14H2,1-3H3. The zero-order valence-corrected chi connectivity index (χ0v) is 13.8. The molecule has 0 aliphatic carbocycles. The number of benzene rings is 1. The zero-order chi connectivity index (χ0) is 14.6. The Morgan fingerprint density at radius 2 is 1.95 bits per heavy atom. The van der Waals surface area contributed by atoms with Crippen molar-refractivity contribution in [2.75, 3.05) is 45.3 Å². The zero-order valence-electron chi connectivity index (χ0n) is 13.0. The number of likely N-dealkylation sites (N-methyl/N-ethyl adjacent to an activating group) is 1. The second-order valence-corrected chi connectivity index (χ2v) is 5.95. The van der Waals surface area contributed by atoms with Crippen LogP contribution in [0.1, 0.15) is 18.9 Å². The molecule has 0 amide bonds. The summed E-state index contributed by atoms with van der Waals surface area (Å²) < 4.78 is 5.77. The van der Waals surface area contributed by atoms with Crippen molar-refractivity contribution in [3.63, 3.8) is 0 Å². The number of ether oxygens (including phenoxy) is 1. The maximum absolute atomic E-state index is 5.77. The van der Waals surface area contributed by atoms with E-state index in [0.29, 0.717) is 0 Å². The molecule has 0 unspecified atom stereocenters. The van der Waals surface area contributed by atoms with Gasteiger partial charge in [0.15, 0.2) is 0 Å². The maximum atomic E-state index is 5.77. The summed E-state index contributed by atoms with van der Waals surface area (Å²) in [7, 11) is 2.14. The highest BCUT2D eigenvalue weighted by Gasteiger charge is 1.99. The molecule has 0 aromatic heterocycles. The molecule has 0 fully saturated rings. The monoisotopic (exact) mass is 296 g/mol. The van der Waals surface area contributed by atoms with Gasteiger partial charge in [-0.25, -0.2) is 0 Å². The molecule has 4 heteroatoms. The molecule has 0 spiro atoms. The van der Waals surface area contributed by atoms with Crippen LogP contribution in [0.4, 0.5) is 0 Å². The van der Waals surface area contributed by atoms with Crippen molar-refractivity contribution in [2.24, 2.45) is 0 Å². The molecule has 1 N–H and O–H groups in total. The number of thioether (sulfide) groups is 1. The highest BCUT2D eigenvalue weighted by atomic mass is 32.2. The summed E-state index contributed by atoms with van der Waals surface area (Å²) in [6.45, 7) is 7.03. The van der Waals surface area contributed by atoms with Gasteiger partial charge in [-0.1, -0.05) is 19.1 Å². The Bertz CT molecular complexity index is 343. The molecule has 0 heterocycles. The lowest BCUT2D eigenvalue weighted by atomic mass is 10.2. The Morgan fingerprint density at radius 3 is 2.60 bits per heavy atom. The maximum Gasteiger partial charge on any atom is 0.119 e. The van der Waals surface area contributed by atoms with Gasteiger partial charge in [0.25, 0.3) is 0 Å². The van der Waals surface area contributed by atoms with Gasteiger partial charge in [-0.2, -0.15) is 11.8 Å². The molecule has 0 atom stereocenters. The summed E-state index contributed by atoms with van der Waals surface area (Å²) >= 11 is 1.88. The molecule has 0 saturated heterocycles. The van der Waals surface area contributed by atoms with Crippen molar-refractivity contribution in [2.45, 2.75) is 19.9 Å². The first-order chi connectivity index (χ1) is 9.76. The van der Waals surface area contributed by atoms with Gasteiger partial charge in [0.05, 0.1) is 0 Å². The molecule has 0 aliphatic heterocycles. The van der Waals surface area contributed by atoms with E-state index >= 15 is 0 Å². The number of nitrogens with one attached hydrogen (secondary N) is 1. The van der Waals surface area contributed by atoms with Crippen molar-refractivity contribution in [3.8, 4) is 5.75 Å². The van der Waals surface area contributed by atoms with Gasteiger partial charge in [-0.05, 0) is 44.0 Å². The van der Waals surface area contributed by atoms with E-state index < -0.39 is 0 Å². The molecule has 3 nitrogen and oxygen atoms in total. The number of nitrogens with zero attached hydrogens (tertiary/aromatic N) is 1. The third-order valence-corrected chi connectivity index (χ3v) is 3.69. The molecule has 0 saturated carbocycles. The predicted octanol–water partition coefficient (Wildman–Crippen LogP) is 2.86. The van der Waals surface area contributed by atoms with E-state index in [1.54, 1.807) is 0 Å². The summed E-state index contributed by atoms with van der Waals surface area (Å²) in [5.74, 6) is 2.14. The fraction of sp³-hybridized carbons (Fsp3) is 0.625. The molecule has 1 aromatic carbocycles. The Balaban J connectivity index is 2.20. The van der Waals surface area contributed by atoms with Crippen molar-refractivity contribution in [1.82, 2.24) is 10.2 Å². The summed E-state index contributed by atoms with van der Waals surface area (Å²) in [5, 5.41) is 3.40. The van der Waals surface area contributed by atoms with E-state index in [-0.39, 0.29) is 0 Å². The molecule has 0 aliphatic rings. The van der Waals surface area contributed by atoms with Gasteiger partial charge >= 0.3 is 0 Å². The first kappa shape index (κ1) is 17.3. The van der Waals surface area contributed by atoms with Crippen molar-refractivity contribution < 1.29 is 4.74 Å². The SMILES string of the molecule is CCCNCc1ccc(OCCN(C)CCSC)cc1. The van der Waals surface area contributed by atoms with Crippen LogP contribution < -0.4 is 10.1 Å². The van der Waals surface area contributed by atoms with E-state index in [0.717, 1.165) is 38.5 Å². The van der Waals surface area contributed by atoms with Gasteiger partial charge < -0.3 is 15.0 Å². The molecule has 1 rings (SSSR count). The number of hydrogen-bond acceptors (Lipinski definition) is 4. The predicted molar refractivity (Wildman–Crippen MR) is 89.8 cm³/mol. The lowest BCUT2D eigenvalue weighted by molar-refractivity contribution is 0.245. The minimum absolute atomic E-state index is 0.748. The molecular formula is C16H28N2OS. The van der Waals surface area contributed by atoms with Crippen LogP contribution in [0.3, 0.4) is 0 Å². The third kappa shape index (κ3) is 7.78. The molecule has 0 radical (unpaired) electrons. The molecule has 0 bridgehead atoms. The smallest absolute Gasteiger partial charge is 0.119 e. The van der Waals surface area contributed by atoms with Crippen molar-refractivity contribution in [3.05, 3.63) is 29.8 Å². The largest absolute Gasteiger partial charge is 0.492 e. The molecular weight excluding hydrogens is 268 g/mol. The first-order valence-electron chi connectivity index (χ1n) is 7.36. The van der Waals surface area contributed by atoms with Crippen LogP contribution in [0.25, 0.3) is 0 Å². The average Bonchev–Trinajstić information content (AvgIpc) is 2.47. The van der Waals surface area contributed by atoms with Crippen molar-refractivity contribution in [1.29, 1.82) is 0 Å². The quantitative estimate of drug-likeness (QED) is 0.635. The van der Waals surface area contributed by atoms with Gasteiger partial charge in [0, 0.05) is 25.4 Å². The minimum Gasteiger partial charge on any atom is -0.492 e. The second kappa shape index (κ2) is 11.0. The van der Waals surface area contributed by atoms with Gasteiger partial charge in [-0.3, -0.25) is 0 Å². The number of rotatable bonds is 11. The van der Waals surface area contributed by atoms with Crippen LogP contribution in [-0.4, -0.2) is 50.2 Å². The van der Waals surface area contributed by atoms with Gasteiger partial charge in [0.1, 0.15) is 12.4 Å². The van der Waals surface area contributed by atoms with Crippen LogP contribution in [0.2, 0.25) is 0 Å². The fourth-order valence-corrected chi connectivity index (χ4v) is 2.29. The molecule has 114 valence electrons. The Kier molecular flexibility index (Phi) is 9.54. The Hall–Kier alpha value is -0.710.